The van der Waals surface area contributed by atoms with Crippen LogP contribution in [0.2, 0.25) is 0 Å². The van der Waals surface area contributed by atoms with E-state index in [0.717, 1.165) is 17.7 Å². The van der Waals surface area contributed by atoms with Gasteiger partial charge in [-0.05, 0) is 55.7 Å². The molecule has 2 aromatic rings. The second-order valence-electron chi connectivity index (χ2n) is 10.6. The summed E-state index contributed by atoms with van der Waals surface area (Å²) in [4.78, 5) is 14.9. The third-order valence-electron chi connectivity index (χ3n) is 7.59. The number of thioether (sulfide) groups is 1. The van der Waals surface area contributed by atoms with Crippen LogP contribution in [0.5, 0.6) is 0 Å². The second-order valence-corrected chi connectivity index (χ2v) is 13.3. The lowest BCUT2D eigenvalue weighted by Gasteiger charge is -2.35. The average Bonchev–Trinajstić information content (AvgIpc) is 3.18. The Kier molecular flexibility index (Phi) is 10.6. The van der Waals surface area contributed by atoms with Gasteiger partial charge in [0.15, 0.2) is 11.6 Å². The van der Waals surface area contributed by atoms with Gasteiger partial charge in [0.25, 0.3) is 15.9 Å². The summed E-state index contributed by atoms with van der Waals surface area (Å²) in [5.74, 6) is -3.17. The zero-order valence-electron chi connectivity index (χ0n) is 22.8. The number of carbonyl (C=O) groups excluding carboxylic acids is 1. The van der Waals surface area contributed by atoms with Crippen molar-refractivity contribution >= 4 is 33.4 Å². The summed E-state index contributed by atoms with van der Waals surface area (Å²) in [5, 5.41) is 2.84. The van der Waals surface area contributed by atoms with Crippen molar-refractivity contribution in [3.05, 3.63) is 53.8 Å². The monoisotopic (exact) mass is 617 g/mol. The number of carbonyl (C=O) groups is 1. The molecule has 0 unspecified atom stereocenters. The lowest BCUT2D eigenvalue weighted by atomic mass is 9.93. The van der Waals surface area contributed by atoms with Crippen molar-refractivity contribution in [2.24, 2.45) is 0 Å². The molecule has 2 aromatic carbocycles. The highest BCUT2D eigenvalue weighted by Crippen LogP contribution is 2.32. The lowest BCUT2D eigenvalue weighted by molar-refractivity contribution is -0.143. The topological polar surface area (TPSA) is 87.7 Å². The van der Waals surface area contributed by atoms with Gasteiger partial charge < -0.3 is 10.1 Å². The van der Waals surface area contributed by atoms with Gasteiger partial charge in [0.2, 0.25) is 0 Å². The number of halogens is 4. The van der Waals surface area contributed by atoms with E-state index in [9.17, 15) is 22.0 Å². The number of hydrogen-bond donors (Lipinski definition) is 2. The molecule has 0 radical (unpaired) electrons. The molecule has 0 spiro atoms. The molecule has 41 heavy (non-hydrogen) atoms. The van der Waals surface area contributed by atoms with Gasteiger partial charge in [0.05, 0.1) is 4.90 Å². The number of nitrogens with one attached hydrogen (secondary N) is 2. The summed E-state index contributed by atoms with van der Waals surface area (Å²) in [7, 11) is -3.25. The number of nitrogens with zero attached hydrogens (tertiary/aromatic N) is 1. The highest BCUT2D eigenvalue weighted by Gasteiger charge is 2.41. The van der Waals surface area contributed by atoms with Crippen molar-refractivity contribution in [2.75, 3.05) is 37.8 Å². The van der Waals surface area contributed by atoms with Crippen LogP contribution < -0.4 is 10.0 Å². The molecule has 7 nitrogen and oxygen atoms in total. The van der Waals surface area contributed by atoms with E-state index in [1.54, 1.807) is 12.1 Å². The number of alkyl halides is 1. The van der Waals surface area contributed by atoms with Crippen LogP contribution in [0.3, 0.4) is 0 Å². The maximum absolute atomic E-state index is 15.2. The van der Waals surface area contributed by atoms with Crippen molar-refractivity contribution < 1.29 is 35.5 Å². The molecule has 1 heterocycles. The summed E-state index contributed by atoms with van der Waals surface area (Å²) in [5.41, 5.74) is -1.83. The largest absolute Gasteiger partial charge is 0.377 e. The smallest absolute Gasteiger partial charge is 0.265 e. The minimum Gasteiger partial charge on any atom is -0.377 e. The zero-order valence-corrected chi connectivity index (χ0v) is 24.4. The van der Waals surface area contributed by atoms with Crippen LogP contribution >= 0.6 is 11.8 Å². The lowest BCUT2D eigenvalue weighted by Crippen LogP contribution is -2.49. The predicted molar refractivity (Wildman–Crippen MR) is 150 cm³/mol. The van der Waals surface area contributed by atoms with Gasteiger partial charge >= 0.3 is 0 Å². The first-order chi connectivity index (χ1) is 19.5. The van der Waals surface area contributed by atoms with Gasteiger partial charge in [-0.15, -0.1) is 11.8 Å². The number of amides is 1. The van der Waals surface area contributed by atoms with Gasteiger partial charge in [-0.2, -0.15) is 0 Å². The number of sulfonamides is 1. The van der Waals surface area contributed by atoms with Gasteiger partial charge in [0, 0.05) is 43.4 Å². The molecule has 2 N–H and O–H groups in total. The molecule has 0 bridgehead atoms. The van der Waals surface area contributed by atoms with Crippen molar-refractivity contribution in [2.45, 2.75) is 72.6 Å². The van der Waals surface area contributed by atoms with Crippen LogP contribution in [0.4, 0.5) is 23.2 Å². The summed E-state index contributed by atoms with van der Waals surface area (Å²) >= 11 is 1.36. The van der Waals surface area contributed by atoms with Crippen LogP contribution in [-0.4, -0.2) is 69.5 Å². The first kappa shape index (κ1) is 31.6. The number of rotatable bonds is 12. The first-order valence-corrected chi connectivity index (χ1v) is 16.1. The van der Waals surface area contributed by atoms with Crippen molar-refractivity contribution in [3.8, 4) is 0 Å². The van der Waals surface area contributed by atoms with E-state index in [-0.39, 0.29) is 5.82 Å². The maximum atomic E-state index is 15.2. The summed E-state index contributed by atoms with van der Waals surface area (Å²) in [6.45, 7) is 1.08. The van der Waals surface area contributed by atoms with E-state index in [4.69, 9.17) is 4.74 Å². The fraction of sp³-hybridized carbons (Fsp3) is 0.536. The van der Waals surface area contributed by atoms with E-state index in [2.05, 4.69) is 5.32 Å². The molecule has 1 atom stereocenters. The first-order valence-electron chi connectivity index (χ1n) is 13.6. The number of likely N-dealkylation sites (tertiary alicyclic amines) is 1. The molecule has 1 aliphatic heterocycles. The van der Waals surface area contributed by atoms with E-state index in [1.807, 2.05) is 9.62 Å². The third-order valence-corrected chi connectivity index (χ3v) is 10.1. The molecular formula is C28H35F4N3O4S2. The Morgan fingerprint density at radius 1 is 1.07 bits per heavy atom. The Hall–Kier alpha value is -2.35. The number of ether oxygens (including phenoxy) is 1. The third kappa shape index (κ3) is 8.14. The van der Waals surface area contributed by atoms with Crippen LogP contribution in [-0.2, 0) is 19.6 Å². The quantitative estimate of drug-likeness (QED) is 0.191. The van der Waals surface area contributed by atoms with E-state index in [0.29, 0.717) is 69.6 Å². The fourth-order valence-corrected chi connectivity index (χ4v) is 7.13. The van der Waals surface area contributed by atoms with E-state index in [1.165, 1.54) is 31.0 Å². The Morgan fingerprint density at radius 2 is 1.68 bits per heavy atom. The van der Waals surface area contributed by atoms with Crippen LogP contribution in [0.1, 0.15) is 44.9 Å². The van der Waals surface area contributed by atoms with Gasteiger partial charge in [-0.3, -0.25) is 9.69 Å². The molecule has 226 valence electrons. The van der Waals surface area contributed by atoms with Crippen molar-refractivity contribution in [1.82, 2.24) is 9.62 Å². The molecule has 1 aliphatic carbocycles. The van der Waals surface area contributed by atoms with Gasteiger partial charge in [-0.1, -0.05) is 25.7 Å². The molecule has 1 saturated heterocycles. The van der Waals surface area contributed by atoms with Crippen LogP contribution in [0.15, 0.2) is 46.2 Å². The predicted octanol–water partition coefficient (Wildman–Crippen LogP) is 5.26. The number of benzene rings is 2. The Bertz CT molecular complexity index is 1280. The number of anilines is 1. The average molecular weight is 618 g/mol. The summed E-state index contributed by atoms with van der Waals surface area (Å²) in [6, 6.07) is 6.67. The molecular weight excluding hydrogens is 582 g/mol. The molecule has 1 amide bonds. The number of hydrogen-bond acceptors (Lipinski definition) is 7. The fourth-order valence-electron chi connectivity index (χ4n) is 5.10. The number of methoxy groups -OCH3 is 1. The van der Waals surface area contributed by atoms with Crippen LogP contribution in [0, 0.1) is 17.5 Å². The molecule has 0 aromatic heterocycles. The zero-order chi connectivity index (χ0) is 29.6. The summed E-state index contributed by atoms with van der Waals surface area (Å²) < 4.78 is 90.3. The SMILES string of the molecule is COC1(C(=O)NS(=O)(=O)c2cc(F)c(N[C@H](CCN3CC(F)C3)CSc3ccc(F)cc3)c(F)c2)CCCCCC1. The maximum Gasteiger partial charge on any atom is 0.265 e. The van der Waals surface area contributed by atoms with E-state index >= 15 is 8.78 Å². The second kappa shape index (κ2) is 13.7. The molecule has 2 aliphatic rings. The normalized spacial score (nSPS) is 18.8. The molecule has 1 saturated carbocycles. The van der Waals surface area contributed by atoms with Gasteiger partial charge in [0.1, 0.15) is 23.3 Å². The van der Waals surface area contributed by atoms with Gasteiger partial charge in [-0.25, -0.2) is 30.7 Å². The standard InChI is InChI=1S/C28H35F4N3O4S2/c1-39-28(11-4-2-3-5-12-28)27(36)34-41(37,38)23-14-24(31)26(25(32)15-23)33-21(10-13-35-16-20(30)17-35)18-40-22-8-6-19(29)7-9-22/h6-9,14-15,20-21,33H,2-5,10-13,16-18H2,1H3,(H,34,36)/t21-/m1/s1. The highest BCUT2D eigenvalue weighted by atomic mass is 32.2. The molecule has 13 heteroatoms. The Balaban J connectivity index is 1.48. The van der Waals surface area contributed by atoms with Crippen molar-refractivity contribution in [3.63, 3.8) is 0 Å². The van der Waals surface area contributed by atoms with E-state index < -0.39 is 56.0 Å². The highest BCUT2D eigenvalue weighted by molar-refractivity contribution is 7.99. The van der Waals surface area contributed by atoms with Crippen LogP contribution in [0.25, 0.3) is 0 Å². The minimum absolute atomic E-state index is 0.295. The minimum atomic E-state index is -4.60. The molecule has 4 rings (SSSR count). The Labute approximate surface area is 242 Å². The molecule has 2 fully saturated rings. The summed E-state index contributed by atoms with van der Waals surface area (Å²) in [6.07, 6.45) is 3.40. The Morgan fingerprint density at radius 3 is 2.24 bits per heavy atom. The van der Waals surface area contributed by atoms with Crippen molar-refractivity contribution in [1.29, 1.82) is 0 Å².